The van der Waals surface area contributed by atoms with Crippen molar-refractivity contribution < 1.29 is 4.79 Å². The number of para-hydroxylation sites is 1. The van der Waals surface area contributed by atoms with Gasteiger partial charge >= 0.3 is 0 Å². The summed E-state index contributed by atoms with van der Waals surface area (Å²) in [5.74, 6) is -0.141. The number of likely N-dealkylation sites (tertiary alicyclic amines) is 1. The van der Waals surface area contributed by atoms with Crippen LogP contribution in [0.4, 0.5) is 11.5 Å². The second-order valence-corrected chi connectivity index (χ2v) is 11.0. The normalized spacial score (nSPS) is 13.6. The lowest BCUT2D eigenvalue weighted by Gasteiger charge is -2.26. The predicted molar refractivity (Wildman–Crippen MR) is 170 cm³/mol. The van der Waals surface area contributed by atoms with Crippen LogP contribution in [0.25, 0.3) is 28.2 Å². The van der Waals surface area contributed by atoms with Gasteiger partial charge in [0.2, 0.25) is 0 Å². The van der Waals surface area contributed by atoms with Gasteiger partial charge in [0.25, 0.3) is 11.5 Å². The maximum absolute atomic E-state index is 13.2. The van der Waals surface area contributed by atoms with Crippen molar-refractivity contribution in [3.8, 4) is 28.2 Å². The number of nitrogens with zero attached hydrogens (tertiary/aromatic N) is 5. The van der Waals surface area contributed by atoms with Crippen molar-refractivity contribution in [2.75, 3.05) is 24.1 Å². The Morgan fingerprint density at radius 1 is 0.930 bits per heavy atom. The second kappa shape index (κ2) is 12.1. The smallest absolute Gasteiger partial charge is 0.284 e. The number of hydrogen-bond donors (Lipinski definition) is 2. The van der Waals surface area contributed by atoms with Crippen LogP contribution in [-0.4, -0.2) is 43.2 Å². The van der Waals surface area contributed by atoms with E-state index in [-0.39, 0.29) is 11.1 Å². The summed E-state index contributed by atoms with van der Waals surface area (Å²) in [6.45, 7) is 4.97. The van der Waals surface area contributed by atoms with Gasteiger partial charge < -0.3 is 11.1 Å². The van der Waals surface area contributed by atoms with E-state index in [9.17, 15) is 9.59 Å². The van der Waals surface area contributed by atoms with E-state index in [1.165, 1.54) is 29.5 Å². The van der Waals surface area contributed by atoms with Gasteiger partial charge in [-0.2, -0.15) is 0 Å². The first-order valence-electron chi connectivity index (χ1n) is 14.6. The summed E-state index contributed by atoms with van der Waals surface area (Å²) in [7, 11) is 1.76. The van der Waals surface area contributed by atoms with E-state index in [2.05, 4.69) is 33.4 Å². The van der Waals surface area contributed by atoms with Crippen LogP contribution in [0, 0.1) is 6.92 Å². The molecule has 6 rings (SSSR count). The van der Waals surface area contributed by atoms with Gasteiger partial charge in [-0.05, 0) is 68.8 Å². The number of aromatic nitrogens is 4. The number of anilines is 2. The molecule has 0 bridgehead atoms. The third kappa shape index (κ3) is 5.85. The Morgan fingerprint density at radius 3 is 2.42 bits per heavy atom. The summed E-state index contributed by atoms with van der Waals surface area (Å²) in [5, 5.41) is 2.87. The average molecular weight is 574 g/mol. The molecule has 43 heavy (non-hydrogen) atoms. The minimum Gasteiger partial charge on any atom is -0.382 e. The highest BCUT2D eigenvalue weighted by Crippen LogP contribution is 2.28. The van der Waals surface area contributed by atoms with E-state index in [0.717, 1.165) is 36.5 Å². The Kier molecular flexibility index (Phi) is 7.89. The Labute approximate surface area is 250 Å². The molecule has 2 aromatic heterocycles. The number of hydrogen-bond acceptors (Lipinski definition) is 6. The van der Waals surface area contributed by atoms with Crippen LogP contribution in [0.2, 0.25) is 0 Å². The molecule has 9 heteroatoms. The zero-order valence-electron chi connectivity index (χ0n) is 24.5. The first kappa shape index (κ1) is 28.1. The molecule has 1 amide bonds. The number of nitrogens with one attached hydrogen (secondary N) is 1. The molecule has 0 radical (unpaired) electrons. The third-order valence-electron chi connectivity index (χ3n) is 8.08. The first-order valence-corrected chi connectivity index (χ1v) is 14.6. The monoisotopic (exact) mass is 573 g/mol. The summed E-state index contributed by atoms with van der Waals surface area (Å²) < 4.78 is 3.18. The number of piperidine rings is 1. The molecule has 0 atom stereocenters. The standard InChI is InChI=1S/C34H35N7O2/c1-23-30(34(43)41(39(23)2)28-12-5-3-6-13-28)33(42)37-27-16-14-25(15-17-27)31-32(35)36-21-29(38-31)26-11-9-10-24(20-26)22-40-18-7-4-8-19-40/h3,5-6,9-17,20-21H,4,7-8,18-19,22H2,1-2H3,(H2,35,36)(H,37,42). The highest BCUT2D eigenvalue weighted by Gasteiger charge is 2.22. The number of rotatable bonds is 7. The SMILES string of the molecule is Cc1c(C(=O)Nc2ccc(-c3nc(-c4cccc(CN5CCCCC5)c4)cnc3N)cc2)c(=O)n(-c2ccccc2)n1C. The molecule has 9 nitrogen and oxygen atoms in total. The molecule has 1 saturated heterocycles. The lowest BCUT2D eigenvalue weighted by atomic mass is 10.1. The molecule has 0 unspecified atom stereocenters. The number of carbonyl (C=O) groups excluding carboxylic acids is 1. The Balaban J connectivity index is 1.21. The number of nitrogens with two attached hydrogens (primary N) is 1. The van der Waals surface area contributed by atoms with Crippen LogP contribution in [0.1, 0.15) is 40.9 Å². The molecule has 1 fully saturated rings. The lowest BCUT2D eigenvalue weighted by Crippen LogP contribution is -2.29. The van der Waals surface area contributed by atoms with Crippen molar-refractivity contribution in [2.45, 2.75) is 32.7 Å². The van der Waals surface area contributed by atoms with E-state index in [0.29, 0.717) is 28.6 Å². The van der Waals surface area contributed by atoms with Gasteiger partial charge in [0, 0.05) is 30.4 Å². The minimum atomic E-state index is -0.466. The predicted octanol–water partition coefficient (Wildman–Crippen LogP) is 5.43. The zero-order valence-corrected chi connectivity index (χ0v) is 24.5. The Bertz CT molecular complexity index is 1820. The summed E-state index contributed by atoms with van der Waals surface area (Å²) in [5.41, 5.74) is 12.1. The van der Waals surface area contributed by atoms with E-state index < -0.39 is 5.91 Å². The lowest BCUT2D eigenvalue weighted by molar-refractivity contribution is 0.102. The molecule has 218 valence electrons. The maximum Gasteiger partial charge on any atom is 0.284 e. The van der Waals surface area contributed by atoms with Crippen molar-refractivity contribution in [2.24, 2.45) is 7.05 Å². The fourth-order valence-electron chi connectivity index (χ4n) is 5.69. The molecule has 3 aromatic carbocycles. The van der Waals surface area contributed by atoms with Crippen molar-refractivity contribution in [1.29, 1.82) is 0 Å². The summed E-state index contributed by atoms with van der Waals surface area (Å²) in [4.78, 5) is 38.3. The van der Waals surface area contributed by atoms with Crippen LogP contribution in [-0.2, 0) is 13.6 Å². The van der Waals surface area contributed by atoms with E-state index in [1.807, 2.05) is 48.5 Å². The quantitative estimate of drug-likeness (QED) is 0.269. The first-order chi connectivity index (χ1) is 20.9. The minimum absolute atomic E-state index is 0.0979. The fraction of sp³-hybridized carbons (Fsp3) is 0.235. The van der Waals surface area contributed by atoms with Gasteiger partial charge in [-0.15, -0.1) is 0 Å². The summed E-state index contributed by atoms with van der Waals surface area (Å²) in [6, 6.07) is 24.9. The number of benzene rings is 3. The van der Waals surface area contributed by atoms with Crippen LogP contribution in [0.5, 0.6) is 0 Å². The summed E-state index contributed by atoms with van der Waals surface area (Å²) in [6.07, 6.45) is 5.54. The van der Waals surface area contributed by atoms with Gasteiger partial charge in [0.05, 0.1) is 23.3 Å². The molecule has 0 aliphatic carbocycles. The number of amides is 1. The number of nitrogen functional groups attached to an aromatic ring is 1. The zero-order chi connectivity index (χ0) is 29.9. The molecule has 1 aliphatic heterocycles. The van der Waals surface area contributed by atoms with E-state index in [4.69, 9.17) is 10.7 Å². The third-order valence-corrected chi connectivity index (χ3v) is 8.08. The largest absolute Gasteiger partial charge is 0.382 e. The second-order valence-electron chi connectivity index (χ2n) is 11.0. The molecule has 0 spiro atoms. The average Bonchev–Trinajstić information content (AvgIpc) is 3.26. The molecule has 5 aromatic rings. The van der Waals surface area contributed by atoms with Crippen molar-refractivity contribution in [3.05, 3.63) is 112 Å². The van der Waals surface area contributed by atoms with Gasteiger partial charge in [-0.1, -0.05) is 55.0 Å². The van der Waals surface area contributed by atoms with Crippen molar-refractivity contribution in [1.82, 2.24) is 24.2 Å². The topological polar surface area (TPSA) is 111 Å². The van der Waals surface area contributed by atoms with Gasteiger partial charge in [-0.25, -0.2) is 14.6 Å². The highest BCUT2D eigenvalue weighted by molar-refractivity contribution is 6.05. The van der Waals surface area contributed by atoms with Gasteiger partial charge in [-0.3, -0.25) is 19.2 Å². The summed E-state index contributed by atoms with van der Waals surface area (Å²) >= 11 is 0. The molecule has 3 N–H and O–H groups in total. The van der Waals surface area contributed by atoms with Crippen LogP contribution >= 0.6 is 0 Å². The van der Waals surface area contributed by atoms with Gasteiger partial charge in [0.15, 0.2) is 0 Å². The molecule has 3 heterocycles. The Morgan fingerprint density at radius 2 is 1.67 bits per heavy atom. The van der Waals surface area contributed by atoms with E-state index in [1.54, 1.807) is 37.0 Å². The van der Waals surface area contributed by atoms with Crippen LogP contribution in [0.3, 0.4) is 0 Å². The fourth-order valence-corrected chi connectivity index (χ4v) is 5.69. The van der Waals surface area contributed by atoms with Crippen LogP contribution < -0.4 is 16.6 Å². The van der Waals surface area contributed by atoms with Crippen molar-refractivity contribution >= 4 is 17.4 Å². The van der Waals surface area contributed by atoms with Gasteiger partial charge in [0.1, 0.15) is 17.1 Å². The maximum atomic E-state index is 13.2. The van der Waals surface area contributed by atoms with Crippen molar-refractivity contribution in [3.63, 3.8) is 0 Å². The van der Waals surface area contributed by atoms with E-state index >= 15 is 0 Å². The molecule has 1 aliphatic rings. The highest BCUT2D eigenvalue weighted by atomic mass is 16.2. The Hall–Kier alpha value is -5.02. The molecular formula is C34H35N7O2. The molecular weight excluding hydrogens is 538 g/mol. The number of carbonyl (C=O) groups is 1. The van der Waals surface area contributed by atoms with Crippen LogP contribution in [0.15, 0.2) is 89.9 Å². The molecule has 0 saturated carbocycles.